The van der Waals surface area contributed by atoms with E-state index in [0.29, 0.717) is 25.0 Å². The first-order valence-corrected chi connectivity index (χ1v) is 6.77. The predicted molar refractivity (Wildman–Crippen MR) is 78.7 cm³/mol. The van der Waals surface area contributed by atoms with Crippen LogP contribution in [0.2, 0.25) is 0 Å². The lowest BCUT2D eigenvalue weighted by atomic mass is 9.93. The zero-order valence-electron chi connectivity index (χ0n) is 12.7. The van der Waals surface area contributed by atoms with Crippen LogP contribution in [0.5, 0.6) is 5.88 Å². The zero-order valence-corrected chi connectivity index (χ0v) is 12.7. The molecule has 1 heterocycles. The van der Waals surface area contributed by atoms with Gasteiger partial charge in [-0.15, -0.1) is 0 Å². The predicted octanol–water partition coefficient (Wildman–Crippen LogP) is 1.99. The van der Waals surface area contributed by atoms with E-state index in [1.807, 2.05) is 24.9 Å². The molecule has 0 aliphatic rings. The van der Waals surface area contributed by atoms with Crippen LogP contribution in [0.3, 0.4) is 0 Å². The summed E-state index contributed by atoms with van der Waals surface area (Å²) < 4.78 is 5.58. The first kappa shape index (κ1) is 15.7. The van der Waals surface area contributed by atoms with Gasteiger partial charge in [0.2, 0.25) is 11.8 Å². The summed E-state index contributed by atoms with van der Waals surface area (Å²) >= 11 is 0. The molecule has 0 amide bonds. The van der Waals surface area contributed by atoms with Crippen LogP contribution >= 0.6 is 0 Å². The lowest BCUT2D eigenvalue weighted by Crippen LogP contribution is -2.37. The fourth-order valence-electron chi connectivity index (χ4n) is 1.75. The Labute approximate surface area is 116 Å². The van der Waals surface area contributed by atoms with Crippen LogP contribution < -0.4 is 15.4 Å². The number of hydrogen-bond donors (Lipinski definition) is 1. The van der Waals surface area contributed by atoms with Gasteiger partial charge in [-0.25, -0.2) is 4.98 Å². The maximum atomic E-state index is 5.77. The van der Waals surface area contributed by atoms with Crippen LogP contribution in [0.15, 0.2) is 6.07 Å². The summed E-state index contributed by atoms with van der Waals surface area (Å²) in [6.07, 6.45) is 0.967. The molecule has 5 heteroatoms. The molecule has 0 atom stereocenters. The Morgan fingerprint density at radius 3 is 2.63 bits per heavy atom. The summed E-state index contributed by atoms with van der Waals surface area (Å²) in [7, 11) is 1.98. The van der Waals surface area contributed by atoms with E-state index in [4.69, 9.17) is 10.5 Å². The summed E-state index contributed by atoms with van der Waals surface area (Å²) in [5.41, 5.74) is 6.71. The lowest BCUT2D eigenvalue weighted by molar-refractivity contribution is 0.304. The van der Waals surface area contributed by atoms with E-state index in [1.54, 1.807) is 0 Å². The van der Waals surface area contributed by atoms with E-state index < -0.39 is 0 Å². The van der Waals surface area contributed by atoms with Crippen molar-refractivity contribution in [1.29, 1.82) is 0 Å². The van der Waals surface area contributed by atoms with Gasteiger partial charge in [0.25, 0.3) is 0 Å². The maximum Gasteiger partial charge on any atom is 0.228 e. The number of aromatic nitrogens is 2. The molecule has 1 aromatic rings. The Balaban J connectivity index is 2.84. The van der Waals surface area contributed by atoms with Crippen molar-refractivity contribution in [3.05, 3.63) is 11.8 Å². The Morgan fingerprint density at radius 2 is 2.05 bits per heavy atom. The minimum Gasteiger partial charge on any atom is -0.478 e. The molecule has 5 nitrogen and oxygen atoms in total. The molecular weight excluding hydrogens is 240 g/mol. The fraction of sp³-hybridized carbons (Fsp3) is 0.714. The molecular formula is C14H26N4O. The van der Waals surface area contributed by atoms with Gasteiger partial charge in [0, 0.05) is 25.4 Å². The Hall–Kier alpha value is -1.36. The van der Waals surface area contributed by atoms with Gasteiger partial charge in [0.1, 0.15) is 0 Å². The first-order chi connectivity index (χ1) is 8.88. The summed E-state index contributed by atoms with van der Waals surface area (Å²) in [4.78, 5) is 10.9. The Kier molecular flexibility index (Phi) is 5.54. The maximum absolute atomic E-state index is 5.77. The third-order valence-corrected chi connectivity index (χ3v) is 2.83. The van der Waals surface area contributed by atoms with Crippen molar-refractivity contribution in [3.8, 4) is 5.88 Å². The third kappa shape index (κ3) is 5.03. The monoisotopic (exact) mass is 266 g/mol. The van der Waals surface area contributed by atoms with Gasteiger partial charge < -0.3 is 15.4 Å². The first-order valence-electron chi connectivity index (χ1n) is 6.77. The van der Waals surface area contributed by atoms with Crippen molar-refractivity contribution >= 4 is 5.95 Å². The molecule has 0 bridgehead atoms. The topological polar surface area (TPSA) is 64.3 Å². The Morgan fingerprint density at radius 1 is 1.37 bits per heavy atom. The van der Waals surface area contributed by atoms with Crippen LogP contribution in [-0.4, -0.2) is 36.7 Å². The highest BCUT2D eigenvalue weighted by Crippen LogP contribution is 2.19. The van der Waals surface area contributed by atoms with E-state index in [9.17, 15) is 0 Å². The molecule has 0 aliphatic carbocycles. The van der Waals surface area contributed by atoms with Crippen molar-refractivity contribution in [2.45, 2.75) is 34.1 Å². The fourth-order valence-corrected chi connectivity index (χ4v) is 1.75. The van der Waals surface area contributed by atoms with Crippen LogP contribution in [0.25, 0.3) is 0 Å². The van der Waals surface area contributed by atoms with E-state index >= 15 is 0 Å². The van der Waals surface area contributed by atoms with Gasteiger partial charge in [-0.3, -0.25) is 0 Å². The minimum absolute atomic E-state index is 0.0340. The van der Waals surface area contributed by atoms with Crippen molar-refractivity contribution in [2.24, 2.45) is 11.1 Å². The number of rotatable bonds is 7. The molecule has 0 radical (unpaired) electrons. The van der Waals surface area contributed by atoms with Crippen LogP contribution in [0, 0.1) is 12.3 Å². The Bertz CT molecular complexity index is 406. The molecule has 0 aromatic carbocycles. The van der Waals surface area contributed by atoms with E-state index in [2.05, 4.69) is 30.7 Å². The van der Waals surface area contributed by atoms with Crippen LogP contribution in [0.1, 0.15) is 32.9 Å². The van der Waals surface area contributed by atoms with E-state index in [-0.39, 0.29) is 5.41 Å². The third-order valence-electron chi connectivity index (χ3n) is 2.83. The van der Waals surface area contributed by atoms with Gasteiger partial charge in [0.15, 0.2) is 0 Å². The number of nitrogens with two attached hydrogens (primary N) is 1. The van der Waals surface area contributed by atoms with Crippen molar-refractivity contribution < 1.29 is 4.74 Å². The van der Waals surface area contributed by atoms with Gasteiger partial charge in [-0.05, 0) is 25.3 Å². The molecule has 0 spiro atoms. The molecule has 1 rings (SSSR count). The molecule has 2 N–H and O–H groups in total. The second-order valence-electron chi connectivity index (χ2n) is 5.72. The van der Waals surface area contributed by atoms with Gasteiger partial charge in [-0.1, -0.05) is 20.8 Å². The molecule has 0 aliphatic heterocycles. The number of anilines is 1. The smallest absolute Gasteiger partial charge is 0.228 e. The molecule has 0 unspecified atom stereocenters. The average molecular weight is 266 g/mol. The van der Waals surface area contributed by atoms with E-state index in [0.717, 1.165) is 18.7 Å². The number of aryl methyl sites for hydroxylation is 1. The number of hydrogen-bond acceptors (Lipinski definition) is 5. The molecule has 108 valence electrons. The van der Waals surface area contributed by atoms with Gasteiger partial charge in [0.05, 0.1) is 6.61 Å². The standard InChI is InChI=1S/C14H26N4O/c1-6-7-19-12-8-11(2)16-13(17-12)18(5)10-14(3,4)9-15/h8H,6-7,9-10,15H2,1-5H3. The van der Waals surface area contributed by atoms with Gasteiger partial charge >= 0.3 is 0 Å². The molecule has 0 saturated carbocycles. The summed E-state index contributed by atoms with van der Waals surface area (Å²) in [5.74, 6) is 1.33. The second kappa shape index (κ2) is 6.70. The SMILES string of the molecule is CCCOc1cc(C)nc(N(C)CC(C)(C)CN)n1. The van der Waals surface area contributed by atoms with Crippen LogP contribution in [-0.2, 0) is 0 Å². The molecule has 0 fully saturated rings. The van der Waals surface area contributed by atoms with Crippen molar-refractivity contribution in [2.75, 3.05) is 31.6 Å². The number of ether oxygens (including phenoxy) is 1. The average Bonchev–Trinajstić information content (AvgIpc) is 2.35. The molecule has 0 saturated heterocycles. The normalized spacial score (nSPS) is 11.5. The number of nitrogens with zero attached hydrogens (tertiary/aromatic N) is 3. The van der Waals surface area contributed by atoms with Crippen molar-refractivity contribution in [3.63, 3.8) is 0 Å². The summed E-state index contributed by atoms with van der Waals surface area (Å²) in [6.45, 7) is 10.4. The highest BCUT2D eigenvalue weighted by atomic mass is 16.5. The zero-order chi connectivity index (χ0) is 14.5. The largest absolute Gasteiger partial charge is 0.478 e. The van der Waals surface area contributed by atoms with Gasteiger partial charge in [-0.2, -0.15) is 4.98 Å². The lowest BCUT2D eigenvalue weighted by Gasteiger charge is -2.29. The second-order valence-corrected chi connectivity index (χ2v) is 5.72. The minimum atomic E-state index is 0.0340. The quantitative estimate of drug-likeness (QED) is 0.817. The molecule has 1 aromatic heterocycles. The van der Waals surface area contributed by atoms with Crippen molar-refractivity contribution in [1.82, 2.24) is 9.97 Å². The molecule has 19 heavy (non-hydrogen) atoms. The highest BCUT2D eigenvalue weighted by molar-refractivity contribution is 5.33. The highest BCUT2D eigenvalue weighted by Gasteiger charge is 2.20. The van der Waals surface area contributed by atoms with E-state index in [1.165, 1.54) is 0 Å². The summed E-state index contributed by atoms with van der Waals surface area (Å²) in [5, 5.41) is 0. The summed E-state index contributed by atoms with van der Waals surface area (Å²) in [6, 6.07) is 1.86. The van der Waals surface area contributed by atoms with Crippen LogP contribution in [0.4, 0.5) is 5.95 Å².